The van der Waals surface area contributed by atoms with Crippen LogP contribution in [0.1, 0.15) is 49.4 Å². The van der Waals surface area contributed by atoms with E-state index in [1.807, 2.05) is 0 Å². The van der Waals surface area contributed by atoms with Crippen LogP contribution < -0.4 is 16.2 Å². The maximum absolute atomic E-state index is 13.2. The van der Waals surface area contributed by atoms with Gasteiger partial charge in [-0.1, -0.05) is 29.8 Å². The molecule has 0 amide bonds. The molecule has 0 bridgehead atoms. The number of piperidine rings is 1. The van der Waals surface area contributed by atoms with Crippen LogP contribution >= 0.6 is 0 Å². The van der Waals surface area contributed by atoms with E-state index in [2.05, 4.69) is 58.2 Å². The van der Waals surface area contributed by atoms with Crippen molar-refractivity contribution in [3.63, 3.8) is 0 Å². The maximum Gasteiger partial charge on any atom is 0.263 e. The number of aromatic amines is 2. The molecule has 1 saturated carbocycles. The molecule has 3 aliphatic rings. The zero-order valence-corrected chi connectivity index (χ0v) is 18.6. The molecule has 0 unspecified atom stereocenters. The van der Waals surface area contributed by atoms with Crippen LogP contribution in [-0.4, -0.2) is 52.0 Å². The predicted molar refractivity (Wildman–Crippen MR) is 123 cm³/mol. The monoisotopic (exact) mass is 434 g/mol. The summed E-state index contributed by atoms with van der Waals surface area (Å²) in [5.41, 5.74) is 9.99. The van der Waals surface area contributed by atoms with Gasteiger partial charge in [0, 0.05) is 30.0 Å². The van der Waals surface area contributed by atoms with Crippen molar-refractivity contribution in [2.24, 2.45) is 11.1 Å². The molecule has 3 fully saturated rings. The Morgan fingerprint density at radius 2 is 2.00 bits per heavy atom. The van der Waals surface area contributed by atoms with E-state index in [9.17, 15) is 4.79 Å². The van der Waals surface area contributed by atoms with Crippen molar-refractivity contribution in [1.82, 2.24) is 20.2 Å². The molecular formula is C24H30N6O2. The van der Waals surface area contributed by atoms with Gasteiger partial charge in [-0.15, -0.1) is 0 Å². The largest absolute Gasteiger partial charge is 0.376 e. The molecule has 168 valence electrons. The van der Waals surface area contributed by atoms with Gasteiger partial charge in [0.1, 0.15) is 5.39 Å². The van der Waals surface area contributed by atoms with Gasteiger partial charge in [-0.2, -0.15) is 10.1 Å². The lowest BCUT2D eigenvalue weighted by molar-refractivity contribution is 0.0973. The molecule has 6 rings (SSSR count). The van der Waals surface area contributed by atoms with Crippen LogP contribution in [0.5, 0.6) is 0 Å². The Kier molecular flexibility index (Phi) is 4.29. The highest BCUT2D eigenvalue weighted by atomic mass is 16.5. The van der Waals surface area contributed by atoms with Gasteiger partial charge in [0.15, 0.2) is 5.65 Å². The summed E-state index contributed by atoms with van der Waals surface area (Å²) in [6.07, 6.45) is 3.96. The average molecular weight is 435 g/mol. The molecule has 0 radical (unpaired) electrons. The number of benzene rings is 1. The van der Waals surface area contributed by atoms with Crippen LogP contribution in [0.15, 0.2) is 29.1 Å². The van der Waals surface area contributed by atoms with Crippen LogP contribution in [0.4, 0.5) is 5.95 Å². The maximum atomic E-state index is 13.2. The molecule has 4 N–H and O–H groups in total. The third-order valence-electron chi connectivity index (χ3n) is 8.10. The van der Waals surface area contributed by atoms with Gasteiger partial charge in [0.05, 0.1) is 18.4 Å². The highest BCUT2D eigenvalue weighted by Gasteiger charge is 2.50. The first-order valence-corrected chi connectivity index (χ1v) is 11.6. The van der Waals surface area contributed by atoms with E-state index < -0.39 is 0 Å². The molecule has 2 aliphatic heterocycles. The van der Waals surface area contributed by atoms with Crippen molar-refractivity contribution < 1.29 is 4.74 Å². The zero-order valence-electron chi connectivity index (χ0n) is 18.6. The predicted octanol–water partition coefficient (Wildman–Crippen LogP) is 2.37. The van der Waals surface area contributed by atoms with Crippen LogP contribution in [-0.2, 0) is 10.2 Å². The van der Waals surface area contributed by atoms with Crippen LogP contribution in [0, 0.1) is 12.3 Å². The van der Waals surface area contributed by atoms with Crippen LogP contribution in [0.3, 0.4) is 0 Å². The lowest BCUT2D eigenvalue weighted by atomic mass is 9.73. The summed E-state index contributed by atoms with van der Waals surface area (Å²) in [7, 11) is 0. The minimum Gasteiger partial charge on any atom is -0.376 e. The van der Waals surface area contributed by atoms with E-state index in [1.54, 1.807) is 0 Å². The summed E-state index contributed by atoms with van der Waals surface area (Å²) in [5.74, 6) is 0.605. The second kappa shape index (κ2) is 6.89. The first-order chi connectivity index (χ1) is 15.4. The second-order valence-electron chi connectivity index (χ2n) is 10.0. The standard InChI is InChI=1S/C24H30N6O2/c1-14-4-3-5-16(12-14)24(6-7-24)19-17-20(29-28-19)26-22(27-21(17)31)30-10-8-23(9-11-30)13-32-15(2)18(23)25/h3-5,12,15,18H,6-11,13,25H2,1-2H3,(H2,26,27,28,29,31)/t15-,18+/m0/s1. The number of fused-ring (bicyclic) bond motifs is 1. The molecule has 2 atom stereocenters. The normalized spacial score (nSPS) is 26.2. The minimum absolute atomic E-state index is 0.0354. The van der Waals surface area contributed by atoms with Gasteiger partial charge in [-0.25, -0.2) is 0 Å². The highest BCUT2D eigenvalue weighted by Crippen LogP contribution is 2.54. The van der Waals surface area contributed by atoms with Crippen molar-refractivity contribution in [2.75, 3.05) is 24.6 Å². The quantitative estimate of drug-likeness (QED) is 0.583. The highest BCUT2D eigenvalue weighted by molar-refractivity contribution is 5.80. The van der Waals surface area contributed by atoms with E-state index in [4.69, 9.17) is 15.5 Å². The Hall–Kier alpha value is -2.71. The van der Waals surface area contributed by atoms with E-state index in [0.717, 1.165) is 51.1 Å². The van der Waals surface area contributed by atoms with Crippen LogP contribution in [0.2, 0.25) is 0 Å². The molecule has 2 saturated heterocycles. The molecule has 1 spiro atoms. The summed E-state index contributed by atoms with van der Waals surface area (Å²) in [5, 5.41) is 8.24. The van der Waals surface area contributed by atoms with Crippen molar-refractivity contribution in [3.05, 3.63) is 51.4 Å². The van der Waals surface area contributed by atoms with Crippen LogP contribution in [0.25, 0.3) is 11.0 Å². The number of ether oxygens (including phenoxy) is 1. The number of H-pyrrole nitrogens is 2. The average Bonchev–Trinajstić information content (AvgIpc) is 3.42. The number of rotatable bonds is 3. The van der Waals surface area contributed by atoms with Gasteiger partial charge in [0.2, 0.25) is 5.95 Å². The second-order valence-corrected chi connectivity index (χ2v) is 10.0. The van der Waals surface area contributed by atoms with Crippen molar-refractivity contribution >= 4 is 17.0 Å². The number of hydrogen-bond acceptors (Lipinski definition) is 6. The smallest absolute Gasteiger partial charge is 0.263 e. The number of nitrogens with one attached hydrogen (secondary N) is 2. The molecule has 1 aliphatic carbocycles. The summed E-state index contributed by atoms with van der Waals surface area (Å²) >= 11 is 0. The fourth-order valence-electron chi connectivity index (χ4n) is 5.79. The molecule has 8 heteroatoms. The summed E-state index contributed by atoms with van der Waals surface area (Å²) in [6, 6.07) is 8.57. The van der Waals surface area contributed by atoms with Crippen molar-refractivity contribution in [2.45, 2.75) is 57.1 Å². The van der Waals surface area contributed by atoms with Gasteiger partial charge >= 0.3 is 0 Å². The zero-order chi connectivity index (χ0) is 22.1. The Morgan fingerprint density at radius 1 is 1.22 bits per heavy atom. The number of aryl methyl sites for hydroxylation is 1. The summed E-state index contributed by atoms with van der Waals surface area (Å²) in [6.45, 7) is 6.46. The molecular weight excluding hydrogens is 404 g/mol. The number of nitrogens with two attached hydrogens (primary N) is 1. The minimum atomic E-state index is -0.187. The van der Waals surface area contributed by atoms with E-state index in [-0.39, 0.29) is 28.5 Å². The number of anilines is 1. The first kappa shape index (κ1) is 19.9. The van der Waals surface area contributed by atoms with Crippen molar-refractivity contribution in [1.29, 1.82) is 0 Å². The Bertz CT molecular complexity index is 1230. The Morgan fingerprint density at radius 3 is 2.66 bits per heavy atom. The van der Waals surface area contributed by atoms with Gasteiger partial charge in [0.25, 0.3) is 5.56 Å². The van der Waals surface area contributed by atoms with E-state index in [1.165, 1.54) is 11.1 Å². The fraction of sp³-hybridized carbons (Fsp3) is 0.542. The molecule has 2 aromatic heterocycles. The molecule has 4 heterocycles. The van der Waals surface area contributed by atoms with Gasteiger partial charge in [-0.05, 0) is 45.1 Å². The number of aromatic nitrogens is 4. The fourth-order valence-corrected chi connectivity index (χ4v) is 5.79. The van der Waals surface area contributed by atoms with Crippen molar-refractivity contribution in [3.8, 4) is 0 Å². The lowest BCUT2D eigenvalue weighted by Crippen LogP contribution is -2.51. The number of hydrogen-bond donors (Lipinski definition) is 3. The first-order valence-electron chi connectivity index (χ1n) is 11.6. The topological polar surface area (TPSA) is 113 Å². The summed E-state index contributed by atoms with van der Waals surface area (Å²) < 4.78 is 5.83. The number of nitrogens with zero attached hydrogens (tertiary/aromatic N) is 3. The molecule has 1 aromatic carbocycles. The van der Waals surface area contributed by atoms with Gasteiger partial charge < -0.3 is 15.4 Å². The Balaban J connectivity index is 1.31. The molecule has 32 heavy (non-hydrogen) atoms. The molecule has 3 aromatic rings. The van der Waals surface area contributed by atoms with E-state index >= 15 is 0 Å². The molecule has 8 nitrogen and oxygen atoms in total. The summed E-state index contributed by atoms with van der Waals surface area (Å²) in [4.78, 5) is 23.2. The van der Waals surface area contributed by atoms with E-state index in [0.29, 0.717) is 17.0 Å². The third-order valence-corrected chi connectivity index (χ3v) is 8.10. The Labute approximate surface area is 186 Å². The third kappa shape index (κ3) is 2.85. The SMILES string of the molecule is Cc1cccc(C2(c3n[nH]c4nc(N5CCC6(CC5)CO[C@@H](C)[C@H]6N)[nH]c(=O)c34)CC2)c1. The van der Waals surface area contributed by atoms with Gasteiger partial charge in [-0.3, -0.25) is 14.9 Å². The lowest BCUT2D eigenvalue weighted by Gasteiger charge is -2.41.